The van der Waals surface area contributed by atoms with E-state index in [9.17, 15) is 9.59 Å². The first kappa shape index (κ1) is 14.5. The van der Waals surface area contributed by atoms with Crippen LogP contribution in [0.1, 0.15) is 18.1 Å². The van der Waals surface area contributed by atoms with Crippen LogP contribution in [0.5, 0.6) is 0 Å². The topological polar surface area (TPSA) is 58.6 Å². The summed E-state index contributed by atoms with van der Waals surface area (Å²) in [6.07, 6.45) is 0.397. The van der Waals surface area contributed by atoms with E-state index in [-0.39, 0.29) is 11.8 Å². The lowest BCUT2D eigenvalue weighted by molar-refractivity contribution is -0.134. The number of morpholine rings is 1. The molecule has 1 aliphatic rings. The van der Waals surface area contributed by atoms with Gasteiger partial charge in [-0.3, -0.25) is 9.59 Å². The van der Waals surface area contributed by atoms with Gasteiger partial charge in [-0.15, -0.1) is 0 Å². The third kappa shape index (κ3) is 4.35. The number of amides is 2. The van der Waals surface area contributed by atoms with E-state index in [1.54, 1.807) is 0 Å². The molecule has 0 aliphatic carbocycles. The summed E-state index contributed by atoms with van der Waals surface area (Å²) in [5.41, 5.74) is 1.98. The van der Waals surface area contributed by atoms with Crippen molar-refractivity contribution in [2.24, 2.45) is 0 Å². The Bertz CT molecular complexity index is 482. The van der Waals surface area contributed by atoms with Crippen LogP contribution in [0.25, 0.3) is 0 Å². The molecule has 0 unspecified atom stereocenters. The number of rotatable bonds is 4. The Morgan fingerprint density at radius 1 is 1.25 bits per heavy atom. The number of hydrogen-bond acceptors (Lipinski definition) is 3. The second kappa shape index (κ2) is 7.05. The Morgan fingerprint density at radius 3 is 2.65 bits per heavy atom. The van der Waals surface area contributed by atoms with Gasteiger partial charge in [0, 0.05) is 26.6 Å². The second-order valence-electron chi connectivity index (χ2n) is 4.90. The minimum absolute atomic E-state index is 0.0557. The van der Waals surface area contributed by atoms with Crippen molar-refractivity contribution in [1.82, 2.24) is 10.2 Å². The van der Waals surface area contributed by atoms with E-state index in [0.29, 0.717) is 39.3 Å². The number of benzene rings is 1. The van der Waals surface area contributed by atoms with Gasteiger partial charge in [-0.1, -0.05) is 24.3 Å². The number of hydrogen-bond donors (Lipinski definition) is 1. The SMILES string of the molecule is CC(=O)NCc1cccc(CC(=O)N2CCOCC2)c1. The van der Waals surface area contributed by atoms with E-state index in [1.807, 2.05) is 29.2 Å². The molecule has 108 valence electrons. The molecule has 1 aromatic carbocycles. The molecule has 2 rings (SSSR count). The minimum Gasteiger partial charge on any atom is -0.378 e. The Morgan fingerprint density at radius 2 is 1.95 bits per heavy atom. The lowest BCUT2D eigenvalue weighted by Crippen LogP contribution is -2.41. The summed E-state index contributed by atoms with van der Waals surface area (Å²) in [4.78, 5) is 24.9. The molecule has 1 saturated heterocycles. The first-order chi connectivity index (χ1) is 9.65. The van der Waals surface area contributed by atoms with Crippen LogP contribution >= 0.6 is 0 Å². The van der Waals surface area contributed by atoms with Crippen molar-refractivity contribution in [2.75, 3.05) is 26.3 Å². The highest BCUT2D eigenvalue weighted by Gasteiger charge is 2.16. The maximum atomic E-state index is 12.1. The Balaban J connectivity index is 1.93. The summed E-state index contributed by atoms with van der Waals surface area (Å²) < 4.78 is 5.24. The van der Waals surface area contributed by atoms with Gasteiger partial charge in [0.15, 0.2) is 0 Å². The maximum Gasteiger partial charge on any atom is 0.227 e. The van der Waals surface area contributed by atoms with Crippen molar-refractivity contribution < 1.29 is 14.3 Å². The first-order valence-electron chi connectivity index (χ1n) is 6.83. The van der Waals surface area contributed by atoms with Gasteiger partial charge in [0.1, 0.15) is 0 Å². The Kier molecular flexibility index (Phi) is 5.12. The molecule has 1 heterocycles. The number of ether oxygens (including phenoxy) is 1. The van der Waals surface area contributed by atoms with Crippen molar-refractivity contribution in [3.8, 4) is 0 Å². The smallest absolute Gasteiger partial charge is 0.227 e. The summed E-state index contributed by atoms with van der Waals surface area (Å²) in [5.74, 6) is 0.0739. The number of carbonyl (C=O) groups is 2. The van der Waals surface area contributed by atoms with Gasteiger partial charge in [-0.2, -0.15) is 0 Å². The monoisotopic (exact) mass is 276 g/mol. The molecule has 1 aliphatic heterocycles. The summed E-state index contributed by atoms with van der Waals surface area (Å²) >= 11 is 0. The molecule has 1 fully saturated rings. The fraction of sp³-hybridized carbons (Fsp3) is 0.467. The molecule has 0 spiro atoms. The molecule has 1 aromatic rings. The normalized spacial score (nSPS) is 14.9. The average Bonchev–Trinajstić information content (AvgIpc) is 2.46. The standard InChI is InChI=1S/C15H20N2O3/c1-12(18)16-11-14-4-2-3-13(9-14)10-15(19)17-5-7-20-8-6-17/h2-4,9H,5-8,10-11H2,1H3,(H,16,18). The van der Waals surface area contributed by atoms with E-state index >= 15 is 0 Å². The van der Waals surface area contributed by atoms with Crippen LogP contribution in [0, 0.1) is 0 Å². The van der Waals surface area contributed by atoms with Crippen molar-refractivity contribution in [3.05, 3.63) is 35.4 Å². The molecule has 0 bridgehead atoms. The van der Waals surface area contributed by atoms with Gasteiger partial charge in [0.2, 0.25) is 11.8 Å². The van der Waals surface area contributed by atoms with Gasteiger partial charge in [0.05, 0.1) is 19.6 Å². The summed E-state index contributed by atoms with van der Waals surface area (Å²) in [5, 5.41) is 2.75. The van der Waals surface area contributed by atoms with Gasteiger partial charge in [-0.05, 0) is 11.1 Å². The van der Waals surface area contributed by atoms with Crippen LogP contribution in [0.4, 0.5) is 0 Å². The zero-order valence-electron chi connectivity index (χ0n) is 11.7. The predicted octanol–water partition coefficient (Wildman–Crippen LogP) is 0.724. The van der Waals surface area contributed by atoms with Crippen molar-refractivity contribution in [3.63, 3.8) is 0 Å². The number of nitrogens with zero attached hydrogens (tertiary/aromatic N) is 1. The van der Waals surface area contributed by atoms with Crippen molar-refractivity contribution >= 4 is 11.8 Å². The van der Waals surface area contributed by atoms with E-state index in [1.165, 1.54) is 6.92 Å². The molecule has 0 aromatic heterocycles. The van der Waals surface area contributed by atoms with Gasteiger partial charge in [-0.25, -0.2) is 0 Å². The van der Waals surface area contributed by atoms with Crippen LogP contribution in [-0.4, -0.2) is 43.0 Å². The zero-order chi connectivity index (χ0) is 14.4. The molecule has 5 nitrogen and oxygen atoms in total. The Hall–Kier alpha value is -1.88. The highest BCUT2D eigenvalue weighted by molar-refractivity contribution is 5.79. The van der Waals surface area contributed by atoms with E-state index in [4.69, 9.17) is 4.74 Å². The summed E-state index contributed by atoms with van der Waals surface area (Å²) in [6, 6.07) is 7.77. The van der Waals surface area contributed by atoms with Crippen LogP contribution in [0.2, 0.25) is 0 Å². The highest BCUT2D eigenvalue weighted by atomic mass is 16.5. The predicted molar refractivity (Wildman–Crippen MR) is 75.1 cm³/mol. The molecular weight excluding hydrogens is 256 g/mol. The van der Waals surface area contributed by atoms with E-state index in [0.717, 1.165) is 11.1 Å². The molecule has 2 amide bonds. The van der Waals surface area contributed by atoms with Crippen LogP contribution in [-0.2, 0) is 27.3 Å². The molecular formula is C15H20N2O3. The summed E-state index contributed by atoms with van der Waals surface area (Å²) in [7, 11) is 0. The van der Waals surface area contributed by atoms with Crippen LogP contribution < -0.4 is 5.32 Å². The van der Waals surface area contributed by atoms with Crippen LogP contribution in [0.15, 0.2) is 24.3 Å². The fourth-order valence-corrected chi connectivity index (χ4v) is 2.18. The Labute approximate surface area is 118 Å². The zero-order valence-corrected chi connectivity index (χ0v) is 11.7. The van der Waals surface area contributed by atoms with E-state index < -0.39 is 0 Å². The largest absolute Gasteiger partial charge is 0.378 e. The molecule has 5 heteroatoms. The lowest BCUT2D eigenvalue weighted by Gasteiger charge is -2.26. The highest BCUT2D eigenvalue weighted by Crippen LogP contribution is 2.09. The number of nitrogens with one attached hydrogen (secondary N) is 1. The third-order valence-electron chi connectivity index (χ3n) is 3.25. The minimum atomic E-state index is -0.0557. The quantitative estimate of drug-likeness (QED) is 0.881. The van der Waals surface area contributed by atoms with Crippen molar-refractivity contribution in [2.45, 2.75) is 19.9 Å². The first-order valence-corrected chi connectivity index (χ1v) is 6.83. The van der Waals surface area contributed by atoms with Gasteiger partial charge >= 0.3 is 0 Å². The second-order valence-corrected chi connectivity index (χ2v) is 4.90. The molecule has 0 radical (unpaired) electrons. The lowest BCUT2D eigenvalue weighted by atomic mass is 10.1. The molecule has 20 heavy (non-hydrogen) atoms. The summed E-state index contributed by atoms with van der Waals surface area (Å²) in [6.45, 7) is 4.57. The third-order valence-corrected chi connectivity index (χ3v) is 3.25. The molecule has 0 atom stereocenters. The van der Waals surface area contributed by atoms with Crippen LogP contribution in [0.3, 0.4) is 0 Å². The molecule has 0 saturated carbocycles. The molecule has 1 N–H and O–H groups in total. The van der Waals surface area contributed by atoms with Gasteiger partial charge < -0.3 is 15.0 Å². The maximum absolute atomic E-state index is 12.1. The fourth-order valence-electron chi connectivity index (χ4n) is 2.18. The average molecular weight is 276 g/mol. The van der Waals surface area contributed by atoms with Crippen molar-refractivity contribution in [1.29, 1.82) is 0 Å². The number of carbonyl (C=O) groups excluding carboxylic acids is 2. The van der Waals surface area contributed by atoms with E-state index in [2.05, 4.69) is 5.32 Å². The van der Waals surface area contributed by atoms with Gasteiger partial charge in [0.25, 0.3) is 0 Å².